The number of rotatable bonds is 2. The summed E-state index contributed by atoms with van der Waals surface area (Å²) in [6.07, 6.45) is 1.52. The highest BCUT2D eigenvalue weighted by Crippen LogP contribution is 2.37. The summed E-state index contributed by atoms with van der Waals surface area (Å²) in [7, 11) is 0. The van der Waals surface area contributed by atoms with Gasteiger partial charge in [0.05, 0.1) is 0 Å². The fraction of sp³-hybridized carbons (Fsp3) is 0.750. The van der Waals surface area contributed by atoms with Gasteiger partial charge in [-0.05, 0) is 19.8 Å². The number of nitrogens with two attached hydrogens (primary N) is 1. The molecule has 0 aromatic carbocycles. The predicted molar refractivity (Wildman–Crippen MR) is 50.5 cm³/mol. The van der Waals surface area contributed by atoms with Crippen molar-refractivity contribution < 1.29 is 5.11 Å². The Bertz CT molecular complexity index is 293. The molecule has 1 unspecified atom stereocenters. The number of nitrogens with zero attached hydrogens (tertiary/aromatic N) is 2. The van der Waals surface area contributed by atoms with Crippen LogP contribution in [0.3, 0.4) is 0 Å². The van der Waals surface area contributed by atoms with E-state index in [0.29, 0.717) is 17.0 Å². The lowest BCUT2D eigenvalue weighted by atomic mass is 9.81. The Kier molecular flexibility index (Phi) is 2.31. The first kappa shape index (κ1) is 9.05. The zero-order chi connectivity index (χ0) is 9.42. The van der Waals surface area contributed by atoms with E-state index in [9.17, 15) is 5.11 Å². The van der Waals surface area contributed by atoms with Crippen LogP contribution >= 0.6 is 11.3 Å². The van der Waals surface area contributed by atoms with Gasteiger partial charge < -0.3 is 10.8 Å². The van der Waals surface area contributed by atoms with Crippen LogP contribution in [0.1, 0.15) is 41.8 Å². The van der Waals surface area contributed by atoms with Gasteiger partial charge in [-0.15, -0.1) is 10.2 Å². The van der Waals surface area contributed by atoms with E-state index in [1.807, 2.05) is 0 Å². The van der Waals surface area contributed by atoms with Gasteiger partial charge in [0.2, 0.25) is 0 Å². The van der Waals surface area contributed by atoms with Crippen molar-refractivity contribution in [2.75, 3.05) is 0 Å². The van der Waals surface area contributed by atoms with Gasteiger partial charge in [-0.25, -0.2) is 0 Å². The molecule has 1 fully saturated rings. The van der Waals surface area contributed by atoms with Crippen LogP contribution in [0, 0.1) is 0 Å². The highest BCUT2D eigenvalue weighted by atomic mass is 32.1. The van der Waals surface area contributed by atoms with Crippen molar-refractivity contribution in [2.24, 2.45) is 5.73 Å². The Morgan fingerprint density at radius 2 is 2.23 bits per heavy atom. The van der Waals surface area contributed by atoms with Gasteiger partial charge in [0, 0.05) is 12.0 Å². The highest BCUT2D eigenvalue weighted by Gasteiger charge is 2.30. The van der Waals surface area contributed by atoms with Crippen LogP contribution < -0.4 is 5.73 Å². The maximum Gasteiger partial charge on any atom is 0.145 e. The number of aliphatic hydroxyl groups is 1. The molecule has 0 aliphatic heterocycles. The molecular weight excluding hydrogens is 186 g/mol. The van der Waals surface area contributed by atoms with Crippen LogP contribution in [0.5, 0.6) is 0 Å². The molecule has 1 aromatic heterocycles. The zero-order valence-electron chi connectivity index (χ0n) is 7.47. The topological polar surface area (TPSA) is 72.0 Å². The molecule has 4 nitrogen and oxygen atoms in total. The first-order valence-corrected chi connectivity index (χ1v) is 5.25. The monoisotopic (exact) mass is 199 g/mol. The maximum absolute atomic E-state index is 9.24. The molecule has 72 valence electrons. The molecule has 0 saturated heterocycles. The Morgan fingerprint density at radius 1 is 1.54 bits per heavy atom. The van der Waals surface area contributed by atoms with Gasteiger partial charge in [0.1, 0.15) is 16.1 Å². The molecule has 13 heavy (non-hydrogen) atoms. The lowest BCUT2D eigenvalue weighted by Crippen LogP contribution is -2.34. The largest absolute Gasteiger partial charge is 0.386 e. The summed E-state index contributed by atoms with van der Waals surface area (Å²) in [6.45, 7) is 1.71. The van der Waals surface area contributed by atoms with Crippen molar-refractivity contribution >= 4 is 11.3 Å². The maximum atomic E-state index is 9.24. The van der Waals surface area contributed by atoms with Crippen LogP contribution in [-0.2, 0) is 0 Å². The Labute approximate surface area is 80.8 Å². The number of aromatic nitrogens is 2. The van der Waals surface area contributed by atoms with Crippen LogP contribution in [-0.4, -0.2) is 21.3 Å². The fourth-order valence-corrected chi connectivity index (χ4v) is 2.35. The van der Waals surface area contributed by atoms with Gasteiger partial charge >= 0.3 is 0 Å². The average molecular weight is 199 g/mol. The van der Waals surface area contributed by atoms with E-state index in [0.717, 1.165) is 17.8 Å². The molecule has 3 N–H and O–H groups in total. The van der Waals surface area contributed by atoms with E-state index in [1.165, 1.54) is 11.3 Å². The van der Waals surface area contributed by atoms with Gasteiger partial charge in [0.15, 0.2) is 0 Å². The van der Waals surface area contributed by atoms with Gasteiger partial charge in [-0.3, -0.25) is 0 Å². The summed E-state index contributed by atoms with van der Waals surface area (Å²) in [4.78, 5) is 0. The minimum absolute atomic E-state index is 0.337. The third-order valence-corrected chi connectivity index (χ3v) is 3.59. The minimum atomic E-state index is -0.500. The second-order valence-electron chi connectivity index (χ2n) is 3.58. The highest BCUT2D eigenvalue weighted by molar-refractivity contribution is 7.11. The standard InChI is InChI=1S/C8H13N3OS/c1-4(12)7-10-11-8(13-7)5-2-6(9)3-5/h4-6,12H,2-3,9H2,1H3/t4?,5-,6-. The Morgan fingerprint density at radius 3 is 2.69 bits per heavy atom. The second kappa shape index (κ2) is 3.32. The molecule has 1 aromatic rings. The van der Waals surface area contributed by atoms with E-state index >= 15 is 0 Å². The van der Waals surface area contributed by atoms with Crippen LogP contribution in [0.15, 0.2) is 0 Å². The van der Waals surface area contributed by atoms with Gasteiger partial charge in [0.25, 0.3) is 0 Å². The molecule has 5 heteroatoms. The average Bonchev–Trinajstić information content (AvgIpc) is 2.46. The number of aliphatic hydroxyl groups excluding tert-OH is 1. The minimum Gasteiger partial charge on any atom is -0.386 e. The van der Waals surface area contributed by atoms with E-state index < -0.39 is 6.10 Å². The van der Waals surface area contributed by atoms with E-state index in [1.54, 1.807) is 6.92 Å². The van der Waals surface area contributed by atoms with E-state index in [4.69, 9.17) is 5.73 Å². The summed E-state index contributed by atoms with van der Waals surface area (Å²) < 4.78 is 0. The molecule has 1 atom stereocenters. The van der Waals surface area contributed by atoms with E-state index in [2.05, 4.69) is 10.2 Å². The number of hydrogen-bond donors (Lipinski definition) is 2. The summed E-state index contributed by atoms with van der Waals surface area (Å²) in [5, 5.41) is 18.9. The van der Waals surface area contributed by atoms with Gasteiger partial charge in [-0.1, -0.05) is 11.3 Å². The molecule has 0 bridgehead atoms. The lowest BCUT2D eigenvalue weighted by Gasteiger charge is -2.30. The Hall–Kier alpha value is -0.520. The number of hydrogen-bond acceptors (Lipinski definition) is 5. The molecule has 1 heterocycles. The van der Waals surface area contributed by atoms with Crippen molar-refractivity contribution in [1.29, 1.82) is 0 Å². The SMILES string of the molecule is CC(O)c1nnc([C@H]2C[C@H](N)C2)s1. The first-order chi connectivity index (χ1) is 6.16. The molecule has 0 amide bonds. The molecular formula is C8H13N3OS. The van der Waals surface area contributed by atoms with Crippen molar-refractivity contribution in [3.8, 4) is 0 Å². The molecule has 0 spiro atoms. The quantitative estimate of drug-likeness (QED) is 0.739. The normalized spacial score (nSPS) is 29.8. The lowest BCUT2D eigenvalue weighted by molar-refractivity contribution is 0.198. The second-order valence-corrected chi connectivity index (χ2v) is 4.62. The van der Waals surface area contributed by atoms with Crippen molar-refractivity contribution in [3.63, 3.8) is 0 Å². The third-order valence-electron chi connectivity index (χ3n) is 2.34. The molecule has 2 rings (SSSR count). The van der Waals surface area contributed by atoms with Crippen molar-refractivity contribution in [3.05, 3.63) is 10.0 Å². The summed E-state index contributed by atoms with van der Waals surface area (Å²) in [6, 6.07) is 0.337. The summed E-state index contributed by atoms with van der Waals surface area (Å²) >= 11 is 1.50. The molecule has 1 saturated carbocycles. The van der Waals surface area contributed by atoms with Crippen LogP contribution in [0.25, 0.3) is 0 Å². The van der Waals surface area contributed by atoms with Crippen molar-refractivity contribution in [1.82, 2.24) is 10.2 Å². The van der Waals surface area contributed by atoms with Crippen LogP contribution in [0.2, 0.25) is 0 Å². The smallest absolute Gasteiger partial charge is 0.145 e. The molecule has 0 radical (unpaired) electrons. The summed E-state index contributed by atoms with van der Waals surface area (Å²) in [5.74, 6) is 0.486. The zero-order valence-corrected chi connectivity index (χ0v) is 8.29. The Balaban J connectivity index is 2.06. The van der Waals surface area contributed by atoms with Crippen LogP contribution in [0.4, 0.5) is 0 Å². The van der Waals surface area contributed by atoms with Crippen molar-refractivity contribution in [2.45, 2.75) is 37.8 Å². The predicted octanol–water partition coefficient (Wildman–Crippen LogP) is 0.796. The third kappa shape index (κ3) is 1.72. The summed E-state index contributed by atoms with van der Waals surface area (Å²) in [5.41, 5.74) is 5.68. The molecule has 1 aliphatic carbocycles. The molecule has 1 aliphatic rings. The first-order valence-electron chi connectivity index (χ1n) is 4.43. The van der Waals surface area contributed by atoms with E-state index in [-0.39, 0.29) is 0 Å². The fourth-order valence-electron chi connectivity index (χ4n) is 1.44. The van der Waals surface area contributed by atoms with Gasteiger partial charge in [-0.2, -0.15) is 0 Å².